The van der Waals surface area contributed by atoms with E-state index in [1.807, 2.05) is 18.2 Å². The molecule has 0 aliphatic rings. The quantitative estimate of drug-likeness (QED) is 0.0674. The van der Waals surface area contributed by atoms with E-state index in [0.717, 1.165) is 29.5 Å². The monoisotopic (exact) mass is 565 g/mol. The van der Waals surface area contributed by atoms with Gasteiger partial charge in [-0.3, -0.25) is 4.79 Å². The molecule has 0 fully saturated rings. The molecule has 0 spiro atoms. The predicted molar refractivity (Wildman–Crippen MR) is 181 cm³/mol. The van der Waals surface area contributed by atoms with Crippen LogP contribution >= 0.6 is 0 Å². The molecule has 0 aliphatic carbocycles. The van der Waals surface area contributed by atoms with E-state index in [9.17, 15) is 4.79 Å². The molecule has 0 aromatic heterocycles. The molecule has 0 saturated heterocycles. The maximum absolute atomic E-state index is 13.7. The van der Waals surface area contributed by atoms with Crippen molar-refractivity contribution in [2.24, 2.45) is 0 Å². The van der Waals surface area contributed by atoms with Crippen molar-refractivity contribution >= 4 is 5.91 Å². The van der Waals surface area contributed by atoms with Crippen LogP contribution in [0.15, 0.2) is 104 Å². The third-order valence-electron chi connectivity index (χ3n) is 8.66. The number of unbranched alkanes of at least 4 members (excludes halogenated alkanes) is 15. The van der Waals surface area contributed by atoms with Crippen LogP contribution in [0.1, 0.15) is 126 Å². The van der Waals surface area contributed by atoms with Gasteiger partial charge in [-0.05, 0) is 29.2 Å². The number of rotatable bonds is 22. The van der Waals surface area contributed by atoms with Gasteiger partial charge in [0.1, 0.15) is 5.54 Å². The van der Waals surface area contributed by atoms with E-state index in [0.29, 0.717) is 6.54 Å². The van der Waals surface area contributed by atoms with Crippen LogP contribution in [-0.2, 0) is 10.3 Å². The Bertz CT molecular complexity index is 1010. The summed E-state index contributed by atoms with van der Waals surface area (Å²) in [5, 5.41) is 0. The Labute approximate surface area is 257 Å². The van der Waals surface area contributed by atoms with Crippen molar-refractivity contribution in [2.45, 2.75) is 115 Å². The van der Waals surface area contributed by atoms with Crippen LogP contribution in [-0.4, -0.2) is 17.4 Å². The van der Waals surface area contributed by atoms with Crippen LogP contribution in [0.25, 0.3) is 0 Å². The highest BCUT2D eigenvalue weighted by Gasteiger charge is 2.43. The fraction of sp³-hybridized carbons (Fsp3) is 0.475. The summed E-state index contributed by atoms with van der Waals surface area (Å²) in [7, 11) is 0. The van der Waals surface area contributed by atoms with E-state index >= 15 is 0 Å². The number of carbonyl (C=O) groups is 1. The minimum Gasteiger partial charge on any atom is -0.321 e. The summed E-state index contributed by atoms with van der Waals surface area (Å²) in [6.45, 7) is 6.88. The van der Waals surface area contributed by atoms with Crippen molar-refractivity contribution in [1.29, 1.82) is 0 Å². The van der Waals surface area contributed by atoms with E-state index < -0.39 is 5.54 Å². The minimum atomic E-state index is -0.732. The Morgan fingerprint density at radius 2 is 0.857 bits per heavy atom. The number of benzene rings is 3. The molecule has 2 nitrogen and oxygen atoms in total. The second kappa shape index (κ2) is 19.9. The first-order chi connectivity index (χ1) is 20.7. The highest BCUT2D eigenvalue weighted by molar-refractivity contribution is 5.89. The maximum atomic E-state index is 13.7. The topological polar surface area (TPSA) is 20.3 Å². The molecule has 0 atom stereocenters. The molecule has 0 aliphatic heterocycles. The molecule has 42 heavy (non-hydrogen) atoms. The summed E-state index contributed by atoms with van der Waals surface area (Å²) >= 11 is 0. The zero-order valence-electron chi connectivity index (χ0n) is 26.3. The fourth-order valence-corrected chi connectivity index (χ4v) is 6.38. The number of hydrogen-bond donors (Lipinski definition) is 0. The maximum Gasteiger partial charge on any atom is 0.247 e. The summed E-state index contributed by atoms with van der Waals surface area (Å²) in [5.74, 6) is -0.0347. The highest BCUT2D eigenvalue weighted by atomic mass is 16.2. The molecular weight excluding hydrogens is 510 g/mol. The van der Waals surface area contributed by atoms with Crippen molar-refractivity contribution in [2.75, 3.05) is 6.54 Å². The summed E-state index contributed by atoms with van der Waals surface area (Å²) in [5.41, 5.74) is 2.54. The predicted octanol–water partition coefficient (Wildman–Crippen LogP) is 11.3. The van der Waals surface area contributed by atoms with Crippen LogP contribution in [0.5, 0.6) is 0 Å². The Balaban J connectivity index is 1.56. The third-order valence-corrected chi connectivity index (χ3v) is 8.66. The van der Waals surface area contributed by atoms with Crippen molar-refractivity contribution in [3.63, 3.8) is 0 Å². The average Bonchev–Trinajstić information content (AvgIpc) is 3.05. The minimum absolute atomic E-state index is 0.0347. The second-order valence-corrected chi connectivity index (χ2v) is 11.8. The summed E-state index contributed by atoms with van der Waals surface area (Å²) < 4.78 is 0. The van der Waals surface area contributed by atoms with Crippen LogP contribution in [0.2, 0.25) is 0 Å². The lowest BCUT2D eigenvalue weighted by Gasteiger charge is -2.45. The van der Waals surface area contributed by atoms with Crippen LogP contribution in [0.4, 0.5) is 0 Å². The van der Waals surface area contributed by atoms with E-state index in [1.165, 1.54) is 96.0 Å². The molecule has 226 valence electrons. The van der Waals surface area contributed by atoms with Gasteiger partial charge in [-0.2, -0.15) is 0 Å². The van der Waals surface area contributed by atoms with E-state index in [1.54, 1.807) is 0 Å². The Morgan fingerprint density at radius 1 is 0.548 bits per heavy atom. The first kappa shape index (κ1) is 33.4. The molecule has 3 aromatic rings. The molecule has 2 heteroatoms. The van der Waals surface area contributed by atoms with Gasteiger partial charge >= 0.3 is 0 Å². The van der Waals surface area contributed by atoms with E-state index in [-0.39, 0.29) is 5.91 Å². The van der Waals surface area contributed by atoms with Crippen LogP contribution < -0.4 is 0 Å². The normalized spacial score (nSPS) is 11.4. The molecule has 0 heterocycles. The molecular formula is C40H55NO. The summed E-state index contributed by atoms with van der Waals surface area (Å²) in [4.78, 5) is 15.7. The largest absolute Gasteiger partial charge is 0.321 e. The van der Waals surface area contributed by atoms with E-state index in [4.69, 9.17) is 0 Å². The van der Waals surface area contributed by atoms with Gasteiger partial charge < -0.3 is 4.90 Å². The van der Waals surface area contributed by atoms with Gasteiger partial charge in [0.05, 0.1) is 0 Å². The number of nitrogens with zero attached hydrogens (tertiary/aromatic N) is 1. The fourth-order valence-electron chi connectivity index (χ4n) is 6.38. The number of amides is 1. The van der Waals surface area contributed by atoms with Gasteiger partial charge in [-0.15, -0.1) is 0 Å². The van der Waals surface area contributed by atoms with Crippen molar-refractivity contribution in [1.82, 2.24) is 4.90 Å². The number of hydrogen-bond acceptors (Lipinski definition) is 1. The van der Waals surface area contributed by atoms with Crippen molar-refractivity contribution < 1.29 is 4.79 Å². The molecule has 3 rings (SSSR count). The average molecular weight is 566 g/mol. The van der Waals surface area contributed by atoms with Crippen molar-refractivity contribution in [3.05, 3.63) is 120 Å². The van der Waals surface area contributed by atoms with Crippen LogP contribution in [0, 0.1) is 0 Å². The summed E-state index contributed by atoms with van der Waals surface area (Å²) in [6.07, 6.45) is 22.8. The second-order valence-electron chi connectivity index (χ2n) is 11.8. The lowest BCUT2D eigenvalue weighted by Crippen LogP contribution is -2.51. The van der Waals surface area contributed by atoms with Gasteiger partial charge in [0.2, 0.25) is 5.91 Å². The first-order valence-electron chi connectivity index (χ1n) is 16.9. The summed E-state index contributed by atoms with van der Waals surface area (Å²) in [6, 6.07) is 31.4. The highest BCUT2D eigenvalue weighted by Crippen LogP contribution is 2.42. The molecule has 3 aromatic carbocycles. The lowest BCUT2D eigenvalue weighted by molar-refractivity contribution is -0.130. The molecule has 0 bridgehead atoms. The Hall–Kier alpha value is -3.13. The molecule has 0 saturated carbocycles. The van der Waals surface area contributed by atoms with Crippen LogP contribution in [0.3, 0.4) is 0 Å². The first-order valence-corrected chi connectivity index (χ1v) is 16.9. The zero-order chi connectivity index (χ0) is 29.7. The third kappa shape index (κ3) is 10.0. The Morgan fingerprint density at radius 3 is 1.17 bits per heavy atom. The van der Waals surface area contributed by atoms with E-state index in [2.05, 4.69) is 91.2 Å². The molecule has 0 N–H and O–H groups in total. The zero-order valence-corrected chi connectivity index (χ0v) is 26.3. The molecule has 1 amide bonds. The van der Waals surface area contributed by atoms with Gasteiger partial charge in [-0.1, -0.05) is 201 Å². The van der Waals surface area contributed by atoms with Crippen molar-refractivity contribution in [3.8, 4) is 0 Å². The molecule has 0 radical (unpaired) electrons. The van der Waals surface area contributed by atoms with Gasteiger partial charge in [-0.25, -0.2) is 0 Å². The standard InChI is InChI=1S/C40H55NO/c1-3-5-6-7-8-9-10-11-12-13-14-15-16-17-18-28-35-41(39(42)4-2)40(36-29-22-19-23-30-36,37-31-24-20-25-32-37)38-33-26-21-27-34-38/h4,19-27,29-34H,2-3,5-18,28,35H2,1H3. The molecule has 0 unspecified atom stereocenters. The smallest absolute Gasteiger partial charge is 0.247 e. The van der Waals surface area contributed by atoms with Gasteiger partial charge in [0.25, 0.3) is 0 Å². The van der Waals surface area contributed by atoms with Gasteiger partial charge in [0, 0.05) is 6.54 Å². The number of carbonyl (C=O) groups excluding carboxylic acids is 1. The van der Waals surface area contributed by atoms with Gasteiger partial charge in [0.15, 0.2) is 0 Å². The Kier molecular flexibility index (Phi) is 15.8. The SMILES string of the molecule is C=CC(=O)N(CCCCCCCCCCCCCCCCCC)C(c1ccccc1)(c1ccccc1)c1ccccc1. The lowest BCUT2D eigenvalue weighted by atomic mass is 9.75.